The molecule has 2 aliphatic rings. The van der Waals surface area contributed by atoms with Crippen LogP contribution in [-0.4, -0.2) is 47.8 Å². The van der Waals surface area contributed by atoms with Gasteiger partial charge in [-0.1, -0.05) is 25.4 Å². The van der Waals surface area contributed by atoms with Gasteiger partial charge in [0, 0.05) is 36.8 Å². The van der Waals surface area contributed by atoms with Gasteiger partial charge in [-0.25, -0.2) is 0 Å². The molecule has 136 valence electrons. The molecule has 2 fully saturated rings. The molecule has 25 heavy (non-hydrogen) atoms. The molecule has 0 bridgehead atoms. The number of amides is 2. The number of hydrogen-bond donors (Lipinski definition) is 0. The summed E-state index contributed by atoms with van der Waals surface area (Å²) in [6, 6.07) is 6.98. The zero-order chi connectivity index (χ0) is 18.0. The molecular formula is C20H27ClN2O2. The lowest BCUT2D eigenvalue weighted by Gasteiger charge is -2.39. The van der Waals surface area contributed by atoms with Crippen LogP contribution in [0.25, 0.3) is 0 Å². The molecule has 0 N–H and O–H groups in total. The van der Waals surface area contributed by atoms with Gasteiger partial charge < -0.3 is 9.80 Å². The molecule has 2 amide bonds. The van der Waals surface area contributed by atoms with Gasteiger partial charge in [0.15, 0.2) is 0 Å². The largest absolute Gasteiger partial charge is 0.342 e. The summed E-state index contributed by atoms with van der Waals surface area (Å²) in [5, 5.41) is 0.622. The van der Waals surface area contributed by atoms with Crippen LogP contribution in [0.1, 0.15) is 43.5 Å². The van der Waals surface area contributed by atoms with Crippen molar-refractivity contribution in [2.45, 2.75) is 33.1 Å². The summed E-state index contributed by atoms with van der Waals surface area (Å²) in [5.41, 5.74) is 0.637. The van der Waals surface area contributed by atoms with Crippen molar-refractivity contribution in [3.8, 4) is 0 Å². The van der Waals surface area contributed by atoms with Gasteiger partial charge in [0.25, 0.3) is 5.91 Å². The van der Waals surface area contributed by atoms with Gasteiger partial charge in [-0.15, -0.1) is 0 Å². The Labute approximate surface area is 155 Å². The fraction of sp³-hybridized carbons (Fsp3) is 0.600. The third-order valence-electron chi connectivity index (χ3n) is 5.33. The van der Waals surface area contributed by atoms with E-state index in [1.807, 2.05) is 9.80 Å². The van der Waals surface area contributed by atoms with Crippen molar-refractivity contribution in [1.82, 2.24) is 9.80 Å². The van der Waals surface area contributed by atoms with Crippen molar-refractivity contribution in [2.75, 3.05) is 26.2 Å². The van der Waals surface area contributed by atoms with Gasteiger partial charge in [-0.3, -0.25) is 9.59 Å². The number of carbonyl (C=O) groups excluding carboxylic acids is 2. The number of piperidine rings is 2. The number of halogens is 1. The fourth-order valence-corrected chi connectivity index (χ4v) is 4.37. The van der Waals surface area contributed by atoms with E-state index in [2.05, 4.69) is 13.8 Å². The first kappa shape index (κ1) is 18.2. The van der Waals surface area contributed by atoms with Crippen LogP contribution in [0.15, 0.2) is 24.3 Å². The number of carbonyl (C=O) groups is 2. The first-order chi connectivity index (χ1) is 11.9. The molecule has 3 atom stereocenters. The summed E-state index contributed by atoms with van der Waals surface area (Å²) >= 11 is 5.90. The second-order valence-electron chi connectivity index (χ2n) is 7.79. The van der Waals surface area contributed by atoms with Crippen molar-refractivity contribution >= 4 is 23.4 Å². The van der Waals surface area contributed by atoms with E-state index in [9.17, 15) is 9.59 Å². The van der Waals surface area contributed by atoms with E-state index < -0.39 is 0 Å². The molecule has 3 unspecified atom stereocenters. The van der Waals surface area contributed by atoms with Crippen LogP contribution < -0.4 is 0 Å². The standard InChI is InChI=1S/C20H27ClN2O2/c1-14-10-15(2)12-23(11-14)20(25)17-4-3-9-22(13-17)19(24)16-5-7-18(21)8-6-16/h5-8,14-15,17H,3-4,9-13H2,1-2H3. The summed E-state index contributed by atoms with van der Waals surface area (Å²) in [4.78, 5) is 29.5. The monoisotopic (exact) mass is 362 g/mol. The first-order valence-corrected chi connectivity index (χ1v) is 9.65. The van der Waals surface area contributed by atoms with Crippen LogP contribution in [-0.2, 0) is 4.79 Å². The second kappa shape index (κ2) is 7.77. The summed E-state index contributed by atoms with van der Waals surface area (Å²) in [6.45, 7) is 7.38. The predicted octanol–water partition coefficient (Wildman–Crippen LogP) is 3.70. The Morgan fingerprint density at radius 1 is 1.00 bits per heavy atom. The number of benzene rings is 1. The summed E-state index contributed by atoms with van der Waals surface area (Å²) in [7, 11) is 0. The van der Waals surface area contributed by atoms with Crippen molar-refractivity contribution in [3.05, 3.63) is 34.9 Å². The quantitative estimate of drug-likeness (QED) is 0.804. The van der Waals surface area contributed by atoms with Crippen molar-refractivity contribution < 1.29 is 9.59 Å². The molecule has 2 heterocycles. The number of likely N-dealkylation sites (tertiary alicyclic amines) is 2. The van der Waals surface area contributed by atoms with Crippen molar-refractivity contribution in [2.24, 2.45) is 17.8 Å². The van der Waals surface area contributed by atoms with E-state index in [4.69, 9.17) is 11.6 Å². The average molecular weight is 363 g/mol. The third kappa shape index (κ3) is 4.35. The normalized spacial score (nSPS) is 27.2. The van der Waals surface area contributed by atoms with Crippen LogP contribution in [0.4, 0.5) is 0 Å². The Morgan fingerprint density at radius 3 is 2.28 bits per heavy atom. The summed E-state index contributed by atoms with van der Waals surface area (Å²) in [5.74, 6) is 1.27. The first-order valence-electron chi connectivity index (χ1n) is 9.27. The molecule has 1 aromatic carbocycles. The lowest BCUT2D eigenvalue weighted by atomic mass is 9.89. The Hall–Kier alpha value is -1.55. The highest BCUT2D eigenvalue weighted by molar-refractivity contribution is 6.30. The second-order valence-corrected chi connectivity index (χ2v) is 8.22. The zero-order valence-corrected chi connectivity index (χ0v) is 15.8. The van der Waals surface area contributed by atoms with E-state index in [1.54, 1.807) is 24.3 Å². The highest BCUT2D eigenvalue weighted by Gasteiger charge is 2.34. The van der Waals surface area contributed by atoms with E-state index in [0.29, 0.717) is 29.0 Å². The zero-order valence-electron chi connectivity index (χ0n) is 15.1. The molecular weight excluding hydrogens is 336 g/mol. The van der Waals surface area contributed by atoms with Gasteiger partial charge in [0.05, 0.1) is 5.92 Å². The van der Waals surface area contributed by atoms with Crippen LogP contribution in [0, 0.1) is 17.8 Å². The van der Waals surface area contributed by atoms with Gasteiger partial charge in [0.1, 0.15) is 0 Å². The van der Waals surface area contributed by atoms with E-state index in [-0.39, 0.29) is 17.7 Å². The molecule has 5 heteroatoms. The Balaban J connectivity index is 1.65. The maximum atomic E-state index is 13.0. The van der Waals surface area contributed by atoms with E-state index >= 15 is 0 Å². The molecule has 0 aliphatic carbocycles. The van der Waals surface area contributed by atoms with Gasteiger partial charge >= 0.3 is 0 Å². The molecule has 0 radical (unpaired) electrons. The Morgan fingerprint density at radius 2 is 1.64 bits per heavy atom. The highest BCUT2D eigenvalue weighted by atomic mass is 35.5. The van der Waals surface area contributed by atoms with Crippen molar-refractivity contribution in [3.63, 3.8) is 0 Å². The van der Waals surface area contributed by atoms with Crippen LogP contribution in [0.2, 0.25) is 5.02 Å². The lowest BCUT2D eigenvalue weighted by Crippen LogP contribution is -2.50. The number of nitrogens with zero attached hydrogens (tertiary/aromatic N) is 2. The minimum absolute atomic E-state index is 0.00505. The van der Waals surface area contributed by atoms with Gasteiger partial charge in [-0.2, -0.15) is 0 Å². The van der Waals surface area contributed by atoms with E-state index in [0.717, 1.165) is 32.5 Å². The third-order valence-corrected chi connectivity index (χ3v) is 5.58. The smallest absolute Gasteiger partial charge is 0.253 e. The molecule has 0 aromatic heterocycles. The topological polar surface area (TPSA) is 40.6 Å². The predicted molar refractivity (Wildman–Crippen MR) is 99.6 cm³/mol. The van der Waals surface area contributed by atoms with Crippen LogP contribution >= 0.6 is 11.6 Å². The SMILES string of the molecule is CC1CC(C)CN(C(=O)C2CCCN(C(=O)c3ccc(Cl)cc3)C2)C1. The minimum atomic E-state index is -0.0671. The van der Waals surface area contributed by atoms with Crippen LogP contribution in [0.5, 0.6) is 0 Å². The molecule has 3 rings (SSSR count). The Kier molecular flexibility index (Phi) is 5.67. The number of rotatable bonds is 2. The molecule has 0 saturated carbocycles. The van der Waals surface area contributed by atoms with Gasteiger partial charge in [-0.05, 0) is 55.4 Å². The highest BCUT2D eigenvalue weighted by Crippen LogP contribution is 2.26. The van der Waals surface area contributed by atoms with Crippen LogP contribution in [0.3, 0.4) is 0 Å². The Bertz CT molecular complexity index is 621. The van der Waals surface area contributed by atoms with Crippen molar-refractivity contribution in [1.29, 1.82) is 0 Å². The number of hydrogen-bond acceptors (Lipinski definition) is 2. The molecule has 0 spiro atoms. The lowest BCUT2D eigenvalue weighted by molar-refractivity contribution is -0.139. The maximum Gasteiger partial charge on any atom is 0.253 e. The molecule has 2 aliphatic heterocycles. The maximum absolute atomic E-state index is 13.0. The molecule has 2 saturated heterocycles. The van der Waals surface area contributed by atoms with Gasteiger partial charge in [0.2, 0.25) is 5.91 Å². The van der Waals surface area contributed by atoms with E-state index in [1.165, 1.54) is 6.42 Å². The molecule has 1 aromatic rings. The summed E-state index contributed by atoms with van der Waals surface area (Å²) in [6.07, 6.45) is 2.95. The average Bonchev–Trinajstić information content (AvgIpc) is 2.60. The molecule has 4 nitrogen and oxygen atoms in total. The summed E-state index contributed by atoms with van der Waals surface area (Å²) < 4.78 is 0. The minimum Gasteiger partial charge on any atom is -0.342 e. The fourth-order valence-electron chi connectivity index (χ4n) is 4.24.